The molecule has 1 aliphatic heterocycles. The number of fused-ring (bicyclic) bond motifs is 3. The van der Waals surface area contributed by atoms with Crippen molar-refractivity contribution >= 4 is 21.7 Å². The fourth-order valence-corrected chi connectivity index (χ4v) is 3.84. The number of hydrogen-bond donors (Lipinski definition) is 0. The molecule has 3 aromatic rings. The minimum Gasteiger partial charge on any atom is -0.472 e. The molecule has 25 heavy (non-hydrogen) atoms. The monoisotopic (exact) mass is 395 g/mol. The summed E-state index contributed by atoms with van der Waals surface area (Å²) in [7, 11) is 0. The van der Waals surface area contributed by atoms with Crippen molar-refractivity contribution in [3.8, 4) is 11.4 Å². The number of carbonyl (C=O) groups is 1. The number of rotatable bonds is 3. The van der Waals surface area contributed by atoms with Gasteiger partial charge in [-0.3, -0.25) is 4.79 Å². The largest absolute Gasteiger partial charge is 0.472 e. The second kappa shape index (κ2) is 6.19. The first-order valence-corrected chi connectivity index (χ1v) is 9.47. The first kappa shape index (κ1) is 16.2. The van der Waals surface area contributed by atoms with Crippen molar-refractivity contribution in [3.05, 3.63) is 83.7 Å². The van der Waals surface area contributed by atoms with Crippen LogP contribution in [0.4, 0.5) is 0 Å². The predicted octanol–water partition coefficient (Wildman–Crippen LogP) is 5.25. The number of para-hydroxylation sites is 2. The molecule has 0 amide bonds. The molecule has 0 aliphatic carbocycles. The van der Waals surface area contributed by atoms with E-state index < -0.39 is 5.60 Å². The van der Waals surface area contributed by atoms with Crippen molar-refractivity contribution in [3.63, 3.8) is 0 Å². The lowest BCUT2D eigenvalue weighted by atomic mass is 9.84. The number of Topliss-reactive ketones (excluding diaryl/α,β-unsaturated/α-hetero) is 1. The van der Waals surface area contributed by atoms with E-state index in [0.29, 0.717) is 12.1 Å². The molecule has 0 fully saturated rings. The van der Waals surface area contributed by atoms with E-state index in [1.165, 1.54) is 0 Å². The lowest BCUT2D eigenvalue weighted by Crippen LogP contribution is -2.41. The zero-order valence-electron chi connectivity index (χ0n) is 13.9. The van der Waals surface area contributed by atoms with Crippen LogP contribution in [0.3, 0.4) is 0 Å². The molecule has 0 bridgehead atoms. The molecule has 4 rings (SSSR count). The minimum absolute atomic E-state index is 0.0112. The van der Waals surface area contributed by atoms with Crippen molar-refractivity contribution in [2.24, 2.45) is 0 Å². The highest BCUT2D eigenvalue weighted by molar-refractivity contribution is 9.08. The molecule has 1 unspecified atom stereocenters. The molecule has 1 atom stereocenters. The maximum absolute atomic E-state index is 13.6. The van der Waals surface area contributed by atoms with E-state index >= 15 is 0 Å². The van der Waals surface area contributed by atoms with Crippen molar-refractivity contribution in [2.45, 2.75) is 24.3 Å². The quantitative estimate of drug-likeness (QED) is 0.566. The average Bonchev–Trinajstić information content (AvgIpc) is 3.12. The van der Waals surface area contributed by atoms with E-state index in [0.717, 1.165) is 27.9 Å². The van der Waals surface area contributed by atoms with Crippen LogP contribution in [-0.2, 0) is 10.9 Å². The highest BCUT2D eigenvalue weighted by Crippen LogP contribution is 2.41. The third kappa shape index (κ3) is 2.44. The van der Waals surface area contributed by atoms with Gasteiger partial charge in [-0.15, -0.1) is 0 Å². The van der Waals surface area contributed by atoms with Gasteiger partial charge in [0, 0.05) is 17.1 Å². The van der Waals surface area contributed by atoms with Gasteiger partial charge in [-0.05, 0) is 36.2 Å². The van der Waals surface area contributed by atoms with Gasteiger partial charge in [0.05, 0.1) is 11.4 Å². The Morgan fingerprint density at radius 1 is 1.08 bits per heavy atom. The molecular weight excluding hydrogens is 378 g/mol. The van der Waals surface area contributed by atoms with Crippen LogP contribution >= 0.6 is 15.9 Å². The van der Waals surface area contributed by atoms with Gasteiger partial charge in [-0.1, -0.05) is 59.3 Å². The summed E-state index contributed by atoms with van der Waals surface area (Å²) in [6.45, 7) is 2.00. The van der Waals surface area contributed by atoms with Gasteiger partial charge in [0.25, 0.3) is 0 Å². The Balaban J connectivity index is 1.99. The van der Waals surface area contributed by atoms with Crippen molar-refractivity contribution in [1.29, 1.82) is 0 Å². The fraction of sp³-hybridized carbons (Fsp3) is 0.190. The first-order valence-electron chi connectivity index (χ1n) is 8.35. The number of benzene rings is 2. The fourth-order valence-electron chi connectivity index (χ4n) is 3.49. The Hall–Kier alpha value is -2.33. The Bertz CT molecular complexity index is 946. The number of carbonyl (C=O) groups excluding carboxylic acids is 1. The van der Waals surface area contributed by atoms with E-state index in [9.17, 15) is 4.79 Å². The van der Waals surface area contributed by atoms with Gasteiger partial charge in [-0.2, -0.15) is 0 Å². The van der Waals surface area contributed by atoms with Crippen molar-refractivity contribution in [1.82, 2.24) is 4.57 Å². The second-order valence-corrected chi connectivity index (χ2v) is 6.74. The summed E-state index contributed by atoms with van der Waals surface area (Å²) in [5.41, 5.74) is 2.52. The molecule has 1 aromatic heterocycles. The van der Waals surface area contributed by atoms with Gasteiger partial charge >= 0.3 is 0 Å². The Kier molecular flexibility index (Phi) is 4.00. The van der Waals surface area contributed by atoms with Crippen molar-refractivity contribution in [2.75, 3.05) is 0 Å². The van der Waals surface area contributed by atoms with Crippen LogP contribution in [-0.4, -0.2) is 10.4 Å². The zero-order chi connectivity index (χ0) is 17.4. The topological polar surface area (TPSA) is 31.2 Å². The third-order valence-electron chi connectivity index (χ3n) is 4.80. The number of alkyl halides is 1. The van der Waals surface area contributed by atoms with E-state index in [1.54, 1.807) is 0 Å². The third-order valence-corrected chi connectivity index (χ3v) is 5.45. The average molecular weight is 396 g/mol. The van der Waals surface area contributed by atoms with Crippen LogP contribution in [0.2, 0.25) is 0 Å². The van der Waals surface area contributed by atoms with Gasteiger partial charge < -0.3 is 9.30 Å². The standard InChI is InChI=1S/C21H18BrNO2/c1-2-21(16-8-5-7-15(13-16)14-22)20(24)18-10-6-12-23(18)17-9-3-4-11-19(17)25-21/h3-13H,2,14H2,1H3. The number of ketones is 1. The van der Waals surface area contributed by atoms with Crippen LogP contribution < -0.4 is 4.74 Å². The summed E-state index contributed by atoms with van der Waals surface area (Å²) in [6, 6.07) is 19.6. The predicted molar refractivity (Wildman–Crippen MR) is 102 cm³/mol. The van der Waals surface area contributed by atoms with Gasteiger partial charge in [0.2, 0.25) is 5.78 Å². The van der Waals surface area contributed by atoms with Gasteiger partial charge in [0.1, 0.15) is 5.75 Å². The lowest BCUT2D eigenvalue weighted by molar-refractivity contribution is 0.0424. The van der Waals surface area contributed by atoms with Crippen molar-refractivity contribution < 1.29 is 9.53 Å². The molecule has 0 spiro atoms. The number of aromatic nitrogens is 1. The van der Waals surface area contributed by atoms with E-state index in [4.69, 9.17) is 4.74 Å². The Morgan fingerprint density at radius 2 is 1.92 bits per heavy atom. The minimum atomic E-state index is -1.03. The molecule has 2 aromatic carbocycles. The van der Waals surface area contributed by atoms with E-state index in [1.807, 2.05) is 72.3 Å². The lowest BCUT2D eigenvalue weighted by Gasteiger charge is -2.31. The number of halogens is 1. The molecule has 0 saturated heterocycles. The molecule has 0 saturated carbocycles. The maximum atomic E-state index is 13.6. The summed E-state index contributed by atoms with van der Waals surface area (Å²) < 4.78 is 8.37. The number of hydrogen-bond acceptors (Lipinski definition) is 2. The zero-order valence-corrected chi connectivity index (χ0v) is 15.5. The van der Waals surface area contributed by atoms with Crippen LogP contribution in [0.1, 0.15) is 35.0 Å². The summed E-state index contributed by atoms with van der Waals surface area (Å²) >= 11 is 3.50. The molecule has 0 N–H and O–H groups in total. The summed E-state index contributed by atoms with van der Waals surface area (Å²) in [4.78, 5) is 13.6. The maximum Gasteiger partial charge on any atom is 0.227 e. The number of nitrogens with zero attached hydrogens (tertiary/aromatic N) is 1. The van der Waals surface area contributed by atoms with Gasteiger partial charge in [0.15, 0.2) is 5.60 Å². The van der Waals surface area contributed by atoms with E-state index in [2.05, 4.69) is 22.0 Å². The van der Waals surface area contributed by atoms with Crippen LogP contribution in [0.15, 0.2) is 66.9 Å². The van der Waals surface area contributed by atoms with Crippen LogP contribution in [0.5, 0.6) is 5.75 Å². The normalized spacial score (nSPS) is 18.9. The van der Waals surface area contributed by atoms with Crippen LogP contribution in [0, 0.1) is 0 Å². The summed E-state index contributed by atoms with van der Waals surface area (Å²) in [5.74, 6) is 0.708. The van der Waals surface area contributed by atoms with E-state index in [-0.39, 0.29) is 5.78 Å². The van der Waals surface area contributed by atoms with Gasteiger partial charge in [-0.25, -0.2) is 0 Å². The smallest absolute Gasteiger partial charge is 0.227 e. The molecule has 2 heterocycles. The summed E-state index contributed by atoms with van der Waals surface area (Å²) in [6.07, 6.45) is 2.47. The molecule has 126 valence electrons. The molecule has 1 aliphatic rings. The highest BCUT2D eigenvalue weighted by Gasteiger charge is 2.45. The first-order chi connectivity index (χ1) is 12.2. The Labute approximate surface area is 155 Å². The molecule has 3 nitrogen and oxygen atoms in total. The second-order valence-electron chi connectivity index (χ2n) is 6.18. The highest BCUT2D eigenvalue weighted by atomic mass is 79.9. The summed E-state index contributed by atoms with van der Waals surface area (Å²) in [5, 5.41) is 0.738. The molecular formula is C21H18BrNO2. The number of ether oxygens (including phenoxy) is 1. The molecule has 0 radical (unpaired) electrons. The van der Waals surface area contributed by atoms with Crippen LogP contribution in [0.25, 0.3) is 5.69 Å². The Morgan fingerprint density at radius 3 is 2.72 bits per heavy atom. The molecule has 4 heteroatoms. The SMILES string of the molecule is CCC1(c2cccc(CBr)c2)Oc2ccccc2-n2cccc2C1=O.